The van der Waals surface area contributed by atoms with E-state index in [0.29, 0.717) is 6.04 Å². The van der Waals surface area contributed by atoms with Crippen molar-refractivity contribution in [1.82, 2.24) is 10.3 Å². The van der Waals surface area contributed by atoms with Crippen LogP contribution in [-0.4, -0.2) is 22.2 Å². The number of aromatic nitrogens is 1. The largest absolute Gasteiger partial charge is 0.368 e. The van der Waals surface area contributed by atoms with Gasteiger partial charge in [0.25, 0.3) is 0 Å². The van der Waals surface area contributed by atoms with Gasteiger partial charge in [-0.3, -0.25) is 4.98 Å². The lowest BCUT2D eigenvalue weighted by molar-refractivity contribution is -0.0699. The fraction of sp³-hybridized carbons (Fsp3) is 0.667. The first-order chi connectivity index (χ1) is 8.28. The van der Waals surface area contributed by atoms with E-state index in [0.717, 1.165) is 24.4 Å². The number of nitrogens with one attached hydrogen (secondary N) is 1. The third kappa shape index (κ3) is 3.09. The average Bonchev–Trinajstić information content (AvgIpc) is 2.43. The van der Waals surface area contributed by atoms with Crippen molar-refractivity contribution in [2.24, 2.45) is 0 Å². The molecule has 1 aliphatic heterocycles. The van der Waals surface area contributed by atoms with Gasteiger partial charge in [0.2, 0.25) is 0 Å². The predicted molar refractivity (Wildman–Crippen MR) is 73.5 cm³/mol. The number of hydrogen-bond donors (Lipinski definition) is 1. The third-order valence-electron chi connectivity index (χ3n) is 3.55. The minimum atomic E-state index is -0.118. The molecule has 2 rings (SSSR count). The van der Waals surface area contributed by atoms with Crippen LogP contribution in [0.2, 0.25) is 0 Å². The highest BCUT2D eigenvalue weighted by Crippen LogP contribution is 2.37. The van der Waals surface area contributed by atoms with Crippen molar-refractivity contribution in [2.75, 3.05) is 0 Å². The molecule has 2 heterocycles. The molecule has 0 saturated carbocycles. The van der Waals surface area contributed by atoms with Gasteiger partial charge in [0.05, 0.1) is 16.9 Å². The first-order valence-corrected chi connectivity index (χ1v) is 6.65. The summed E-state index contributed by atoms with van der Waals surface area (Å²) in [5.41, 5.74) is 2.00. The average molecular weight is 248 g/mol. The molecular weight excluding hydrogens is 224 g/mol. The number of ether oxygens (including phenoxy) is 1. The monoisotopic (exact) mass is 248 g/mol. The Labute approximate surface area is 110 Å². The van der Waals surface area contributed by atoms with Crippen LogP contribution >= 0.6 is 0 Å². The number of hydrogen-bond acceptors (Lipinski definition) is 3. The fourth-order valence-electron chi connectivity index (χ4n) is 2.81. The molecule has 1 aromatic heterocycles. The van der Waals surface area contributed by atoms with Crippen LogP contribution in [0.1, 0.15) is 45.5 Å². The molecule has 1 aliphatic rings. The van der Waals surface area contributed by atoms with Gasteiger partial charge in [-0.05, 0) is 53.2 Å². The van der Waals surface area contributed by atoms with Crippen LogP contribution in [0.5, 0.6) is 0 Å². The molecule has 18 heavy (non-hydrogen) atoms. The van der Waals surface area contributed by atoms with Crippen LogP contribution < -0.4 is 5.32 Å². The van der Waals surface area contributed by atoms with Gasteiger partial charge in [-0.25, -0.2) is 0 Å². The summed E-state index contributed by atoms with van der Waals surface area (Å²) < 4.78 is 6.08. The molecule has 1 unspecified atom stereocenters. The zero-order valence-electron chi connectivity index (χ0n) is 12.1. The van der Waals surface area contributed by atoms with Gasteiger partial charge >= 0.3 is 0 Å². The van der Waals surface area contributed by atoms with Crippen molar-refractivity contribution < 1.29 is 4.74 Å². The number of pyridine rings is 1. The van der Waals surface area contributed by atoms with Crippen LogP contribution in [0, 0.1) is 6.92 Å². The second-order valence-corrected chi connectivity index (χ2v) is 6.37. The Morgan fingerprint density at radius 2 is 2.06 bits per heavy atom. The standard InChI is InChI=1S/C15H24N2O/c1-11-7-6-8-12(17-11)10-16-13-9-14(2,3)18-15(13,4)5/h6-8,13,16H,9-10H2,1-5H3. The highest BCUT2D eigenvalue weighted by atomic mass is 16.5. The summed E-state index contributed by atoms with van der Waals surface area (Å²) in [7, 11) is 0. The zero-order chi connectivity index (χ0) is 13.4. The van der Waals surface area contributed by atoms with Gasteiger partial charge in [0, 0.05) is 18.3 Å². The molecule has 1 saturated heterocycles. The summed E-state index contributed by atoms with van der Waals surface area (Å²) in [6, 6.07) is 6.51. The molecule has 0 bridgehead atoms. The highest BCUT2D eigenvalue weighted by Gasteiger charge is 2.45. The van der Waals surface area contributed by atoms with Crippen LogP contribution in [0.25, 0.3) is 0 Å². The number of rotatable bonds is 3. The van der Waals surface area contributed by atoms with Gasteiger partial charge in [-0.2, -0.15) is 0 Å². The molecule has 0 radical (unpaired) electrons. The Kier molecular flexibility index (Phi) is 3.47. The minimum absolute atomic E-state index is 0.0405. The van der Waals surface area contributed by atoms with E-state index >= 15 is 0 Å². The van der Waals surface area contributed by atoms with Crippen molar-refractivity contribution in [2.45, 2.75) is 64.8 Å². The van der Waals surface area contributed by atoms with Crippen molar-refractivity contribution >= 4 is 0 Å². The molecular formula is C15H24N2O. The third-order valence-corrected chi connectivity index (χ3v) is 3.55. The van der Waals surface area contributed by atoms with Crippen molar-refractivity contribution in [3.8, 4) is 0 Å². The Morgan fingerprint density at radius 3 is 2.61 bits per heavy atom. The van der Waals surface area contributed by atoms with E-state index in [9.17, 15) is 0 Å². The molecule has 0 spiro atoms. The van der Waals surface area contributed by atoms with Gasteiger partial charge < -0.3 is 10.1 Å². The van der Waals surface area contributed by atoms with Gasteiger partial charge in [0.15, 0.2) is 0 Å². The molecule has 3 nitrogen and oxygen atoms in total. The zero-order valence-corrected chi connectivity index (χ0v) is 12.1. The van der Waals surface area contributed by atoms with Crippen molar-refractivity contribution in [1.29, 1.82) is 0 Å². The first kappa shape index (κ1) is 13.5. The molecule has 100 valence electrons. The second kappa shape index (κ2) is 4.63. The molecule has 0 amide bonds. The van der Waals surface area contributed by atoms with Gasteiger partial charge in [-0.1, -0.05) is 6.07 Å². The van der Waals surface area contributed by atoms with Crippen molar-refractivity contribution in [3.05, 3.63) is 29.6 Å². The Morgan fingerprint density at radius 1 is 1.33 bits per heavy atom. The van der Waals surface area contributed by atoms with E-state index in [-0.39, 0.29) is 11.2 Å². The summed E-state index contributed by atoms with van der Waals surface area (Å²) >= 11 is 0. The molecule has 0 aromatic carbocycles. The topological polar surface area (TPSA) is 34.1 Å². The molecule has 1 fully saturated rings. The Hall–Kier alpha value is -0.930. The lowest BCUT2D eigenvalue weighted by Gasteiger charge is -2.27. The molecule has 1 atom stereocenters. The van der Waals surface area contributed by atoms with Gasteiger partial charge in [0.1, 0.15) is 0 Å². The van der Waals surface area contributed by atoms with E-state index in [1.165, 1.54) is 0 Å². The normalized spacial score (nSPS) is 25.3. The van der Waals surface area contributed by atoms with E-state index in [1.54, 1.807) is 0 Å². The molecule has 3 heteroatoms. The lowest BCUT2D eigenvalue weighted by atomic mass is 9.94. The summed E-state index contributed by atoms with van der Waals surface area (Å²) in [6.07, 6.45) is 1.03. The van der Waals surface area contributed by atoms with E-state index in [1.807, 2.05) is 13.0 Å². The lowest BCUT2D eigenvalue weighted by Crippen LogP contribution is -2.43. The number of nitrogens with zero attached hydrogens (tertiary/aromatic N) is 1. The quantitative estimate of drug-likeness (QED) is 0.893. The first-order valence-electron chi connectivity index (χ1n) is 6.65. The summed E-state index contributed by atoms with van der Waals surface area (Å²) in [4.78, 5) is 4.51. The second-order valence-electron chi connectivity index (χ2n) is 6.37. The summed E-state index contributed by atoms with van der Waals surface area (Å²) in [6.45, 7) is 11.4. The van der Waals surface area contributed by atoms with Crippen LogP contribution in [0.4, 0.5) is 0 Å². The SMILES string of the molecule is Cc1cccc(CNC2CC(C)(C)OC2(C)C)n1. The Bertz CT molecular complexity index is 426. The molecule has 1 aromatic rings. The fourth-order valence-corrected chi connectivity index (χ4v) is 2.81. The van der Waals surface area contributed by atoms with E-state index in [2.05, 4.69) is 50.1 Å². The smallest absolute Gasteiger partial charge is 0.0787 e. The predicted octanol–water partition coefficient (Wildman–Crippen LogP) is 2.83. The number of aryl methyl sites for hydroxylation is 1. The summed E-state index contributed by atoms with van der Waals surface area (Å²) in [5.74, 6) is 0. The minimum Gasteiger partial charge on any atom is -0.368 e. The maximum absolute atomic E-state index is 6.08. The van der Waals surface area contributed by atoms with E-state index in [4.69, 9.17) is 4.74 Å². The maximum Gasteiger partial charge on any atom is 0.0787 e. The maximum atomic E-state index is 6.08. The van der Waals surface area contributed by atoms with Crippen LogP contribution in [-0.2, 0) is 11.3 Å². The van der Waals surface area contributed by atoms with Gasteiger partial charge in [-0.15, -0.1) is 0 Å². The highest BCUT2D eigenvalue weighted by molar-refractivity contribution is 5.10. The van der Waals surface area contributed by atoms with Crippen molar-refractivity contribution in [3.63, 3.8) is 0 Å². The summed E-state index contributed by atoms with van der Waals surface area (Å²) in [5, 5.41) is 3.58. The van der Waals surface area contributed by atoms with Crippen LogP contribution in [0.15, 0.2) is 18.2 Å². The van der Waals surface area contributed by atoms with Crippen LogP contribution in [0.3, 0.4) is 0 Å². The molecule has 1 N–H and O–H groups in total. The Balaban J connectivity index is 1.98. The van der Waals surface area contributed by atoms with E-state index < -0.39 is 0 Å². The molecule has 0 aliphatic carbocycles.